The van der Waals surface area contributed by atoms with Gasteiger partial charge in [-0.3, -0.25) is 0 Å². The summed E-state index contributed by atoms with van der Waals surface area (Å²) in [5, 5.41) is 0. The van der Waals surface area contributed by atoms with Gasteiger partial charge in [0.1, 0.15) is 11.3 Å². The lowest BCUT2D eigenvalue weighted by Gasteiger charge is -2.28. The van der Waals surface area contributed by atoms with Crippen LogP contribution in [-0.2, 0) is 9.47 Å². The molecule has 0 unspecified atom stereocenters. The van der Waals surface area contributed by atoms with Crippen molar-refractivity contribution in [3.8, 4) is 17.6 Å². The first-order valence-electron chi connectivity index (χ1n) is 6.51. The van der Waals surface area contributed by atoms with Crippen molar-refractivity contribution in [3.63, 3.8) is 0 Å². The highest BCUT2D eigenvalue weighted by Gasteiger charge is 2.23. The van der Waals surface area contributed by atoms with Crippen molar-refractivity contribution in [2.24, 2.45) is 11.8 Å². The molecule has 106 valence electrons. The molecule has 1 aromatic rings. The van der Waals surface area contributed by atoms with E-state index in [-0.39, 0.29) is 0 Å². The van der Waals surface area contributed by atoms with Crippen LogP contribution in [0.15, 0.2) is 18.2 Å². The quantitative estimate of drug-likeness (QED) is 0.625. The maximum Gasteiger partial charge on any atom is 0.341 e. The van der Waals surface area contributed by atoms with Gasteiger partial charge in [0.05, 0.1) is 27.4 Å². The van der Waals surface area contributed by atoms with Gasteiger partial charge in [-0.25, -0.2) is 4.79 Å². The number of hydrogen-bond donors (Lipinski definition) is 0. The van der Waals surface area contributed by atoms with Gasteiger partial charge in [0.15, 0.2) is 0 Å². The molecule has 20 heavy (non-hydrogen) atoms. The predicted molar refractivity (Wildman–Crippen MR) is 74.7 cm³/mol. The second-order valence-electron chi connectivity index (χ2n) is 4.76. The van der Waals surface area contributed by atoms with E-state index in [2.05, 4.69) is 18.8 Å². The molecule has 2 rings (SSSR count). The monoisotopic (exact) mass is 274 g/mol. The number of rotatable bonds is 3. The Kier molecular flexibility index (Phi) is 4.65. The average Bonchev–Trinajstić information content (AvgIpc) is 2.42. The van der Waals surface area contributed by atoms with E-state index in [9.17, 15) is 4.79 Å². The van der Waals surface area contributed by atoms with Gasteiger partial charge < -0.3 is 14.2 Å². The summed E-state index contributed by atoms with van der Waals surface area (Å²) in [5.41, 5.74) is 1.22. The summed E-state index contributed by atoms with van der Waals surface area (Å²) in [4.78, 5) is 11.6. The normalized spacial score (nSPS) is 15.6. The number of carbonyl (C=O) groups excluding carboxylic acids is 1. The first-order valence-corrected chi connectivity index (χ1v) is 6.51. The van der Waals surface area contributed by atoms with Crippen molar-refractivity contribution in [1.82, 2.24) is 0 Å². The molecule has 1 atom stereocenters. The van der Waals surface area contributed by atoms with Crippen LogP contribution in [-0.4, -0.2) is 33.4 Å². The highest BCUT2D eigenvalue weighted by atomic mass is 16.5. The number of benzene rings is 1. The number of esters is 1. The summed E-state index contributed by atoms with van der Waals surface area (Å²) in [7, 11) is 2.87. The average molecular weight is 274 g/mol. The van der Waals surface area contributed by atoms with Crippen LogP contribution >= 0.6 is 0 Å². The molecule has 0 bridgehead atoms. The van der Waals surface area contributed by atoms with Crippen molar-refractivity contribution < 1.29 is 19.0 Å². The molecule has 0 amide bonds. The lowest BCUT2D eigenvalue weighted by molar-refractivity contribution is -0.0465. The summed E-state index contributed by atoms with van der Waals surface area (Å²) in [6, 6.07) is 5.22. The minimum absolute atomic E-state index is 0.301. The minimum Gasteiger partial charge on any atom is -0.496 e. The van der Waals surface area contributed by atoms with Crippen LogP contribution in [0.1, 0.15) is 22.8 Å². The van der Waals surface area contributed by atoms with Crippen molar-refractivity contribution in [3.05, 3.63) is 29.3 Å². The summed E-state index contributed by atoms with van der Waals surface area (Å²) >= 11 is 0. The van der Waals surface area contributed by atoms with Crippen molar-refractivity contribution in [2.45, 2.75) is 6.92 Å². The minimum atomic E-state index is -0.415. The molecule has 4 heteroatoms. The van der Waals surface area contributed by atoms with Gasteiger partial charge >= 0.3 is 5.97 Å². The molecular formula is C16H18O4. The molecule has 0 aromatic heterocycles. The van der Waals surface area contributed by atoms with Gasteiger partial charge in [0.25, 0.3) is 0 Å². The number of methoxy groups -OCH3 is 2. The first kappa shape index (κ1) is 14.4. The van der Waals surface area contributed by atoms with E-state index < -0.39 is 5.97 Å². The Morgan fingerprint density at radius 2 is 2.15 bits per heavy atom. The molecular weight excluding hydrogens is 256 g/mol. The van der Waals surface area contributed by atoms with Gasteiger partial charge in [0, 0.05) is 17.4 Å². The third kappa shape index (κ3) is 3.12. The lowest BCUT2D eigenvalue weighted by atomic mass is 9.93. The van der Waals surface area contributed by atoms with Crippen molar-refractivity contribution in [2.75, 3.05) is 27.4 Å². The Morgan fingerprint density at radius 1 is 1.40 bits per heavy atom. The lowest BCUT2D eigenvalue weighted by Crippen LogP contribution is -2.32. The maximum atomic E-state index is 11.6. The fourth-order valence-corrected chi connectivity index (χ4v) is 1.91. The maximum absolute atomic E-state index is 11.6. The molecule has 4 nitrogen and oxygen atoms in total. The molecule has 0 radical (unpaired) electrons. The molecule has 1 aromatic carbocycles. The number of hydrogen-bond acceptors (Lipinski definition) is 4. The van der Waals surface area contributed by atoms with Crippen LogP contribution in [0.4, 0.5) is 0 Å². The van der Waals surface area contributed by atoms with Crippen LogP contribution in [0.3, 0.4) is 0 Å². The standard InChI is InChI=1S/C16H18O4/c1-11(13-9-20-10-13)4-5-12-6-7-14(16(17)19-3)15(8-12)18-2/h6-8,11,13H,9-10H2,1-3H3/t11-/m0/s1. The molecule has 1 saturated heterocycles. The summed E-state index contributed by atoms with van der Waals surface area (Å²) < 4.78 is 15.1. The van der Waals surface area contributed by atoms with Gasteiger partial charge in [-0.1, -0.05) is 18.8 Å². The second-order valence-corrected chi connectivity index (χ2v) is 4.76. The van der Waals surface area contributed by atoms with Crippen LogP contribution in [0.5, 0.6) is 5.75 Å². The van der Waals surface area contributed by atoms with E-state index in [4.69, 9.17) is 14.2 Å². The third-order valence-corrected chi connectivity index (χ3v) is 3.42. The van der Waals surface area contributed by atoms with Crippen LogP contribution in [0.25, 0.3) is 0 Å². The van der Waals surface area contributed by atoms with Crippen LogP contribution in [0.2, 0.25) is 0 Å². The molecule has 1 fully saturated rings. The summed E-state index contributed by atoms with van der Waals surface area (Å²) in [5.74, 6) is 7.22. The zero-order valence-electron chi connectivity index (χ0n) is 11.9. The van der Waals surface area contributed by atoms with Crippen molar-refractivity contribution in [1.29, 1.82) is 0 Å². The predicted octanol–water partition coefficient (Wildman–Crippen LogP) is 2.12. The smallest absolute Gasteiger partial charge is 0.341 e. The van der Waals surface area contributed by atoms with Gasteiger partial charge in [-0.2, -0.15) is 0 Å². The van der Waals surface area contributed by atoms with E-state index in [0.717, 1.165) is 18.8 Å². The SMILES string of the molecule is COC(=O)c1ccc(C#C[C@H](C)C2COC2)cc1OC. The third-order valence-electron chi connectivity index (χ3n) is 3.42. The van der Waals surface area contributed by atoms with Crippen LogP contribution in [0, 0.1) is 23.7 Å². The van der Waals surface area contributed by atoms with Gasteiger partial charge in [-0.05, 0) is 18.2 Å². The molecule has 0 saturated carbocycles. The topological polar surface area (TPSA) is 44.8 Å². The molecule has 1 heterocycles. The number of carbonyl (C=O) groups is 1. The first-order chi connectivity index (χ1) is 9.65. The Morgan fingerprint density at radius 3 is 2.70 bits per heavy atom. The van der Waals surface area contributed by atoms with E-state index in [1.807, 2.05) is 0 Å². The molecule has 1 aliphatic heterocycles. The van der Waals surface area contributed by atoms with E-state index in [0.29, 0.717) is 23.1 Å². The Bertz CT molecular complexity index is 549. The van der Waals surface area contributed by atoms with Crippen molar-refractivity contribution >= 4 is 5.97 Å². The van der Waals surface area contributed by atoms with E-state index in [1.165, 1.54) is 14.2 Å². The molecule has 0 N–H and O–H groups in total. The largest absolute Gasteiger partial charge is 0.496 e. The van der Waals surface area contributed by atoms with Crippen LogP contribution < -0.4 is 4.74 Å². The highest BCUT2D eigenvalue weighted by molar-refractivity contribution is 5.92. The highest BCUT2D eigenvalue weighted by Crippen LogP contribution is 2.22. The van der Waals surface area contributed by atoms with Gasteiger partial charge in [0.2, 0.25) is 0 Å². The number of ether oxygens (including phenoxy) is 3. The Balaban J connectivity index is 2.17. The van der Waals surface area contributed by atoms with E-state index in [1.54, 1.807) is 18.2 Å². The molecule has 0 spiro atoms. The molecule has 1 aliphatic rings. The summed E-state index contributed by atoms with van der Waals surface area (Å²) in [6.07, 6.45) is 0. The fraction of sp³-hybridized carbons (Fsp3) is 0.438. The van der Waals surface area contributed by atoms with Gasteiger partial charge in [-0.15, -0.1) is 0 Å². The molecule has 0 aliphatic carbocycles. The fourth-order valence-electron chi connectivity index (χ4n) is 1.91. The zero-order chi connectivity index (χ0) is 14.5. The second kappa shape index (κ2) is 6.44. The summed E-state index contributed by atoms with van der Waals surface area (Å²) in [6.45, 7) is 3.68. The Labute approximate surface area is 119 Å². The zero-order valence-corrected chi connectivity index (χ0v) is 11.9. The Hall–Kier alpha value is -1.99. The van der Waals surface area contributed by atoms with E-state index >= 15 is 0 Å².